The summed E-state index contributed by atoms with van der Waals surface area (Å²) in [5, 5.41) is 0. The molecule has 1 saturated heterocycles. The molecule has 0 unspecified atom stereocenters. The van der Waals surface area contributed by atoms with Crippen LogP contribution in [0, 0.1) is 0 Å². The first-order chi connectivity index (χ1) is 7.89. The van der Waals surface area contributed by atoms with Crippen molar-refractivity contribution in [1.29, 1.82) is 0 Å². The van der Waals surface area contributed by atoms with Gasteiger partial charge in [0.05, 0.1) is 10.6 Å². The molecular weight excluding hydrogens is 370 g/mol. The lowest BCUT2D eigenvalue weighted by molar-refractivity contribution is 0.602. The molecule has 0 aromatic heterocycles. The Morgan fingerprint density at radius 1 is 1.12 bits per heavy atom. The zero-order chi connectivity index (χ0) is 12.6. The molecule has 1 heterocycles. The van der Waals surface area contributed by atoms with Gasteiger partial charge in [-0.3, -0.25) is 0 Å². The minimum absolute atomic E-state index is 0.333. The molecule has 1 aromatic carbocycles. The average Bonchev–Trinajstić information content (AvgIpc) is 2.68. The first kappa shape index (κ1) is 13.4. The number of hydrogen-bond acceptors (Lipinski definition) is 3. The van der Waals surface area contributed by atoms with E-state index in [-0.39, 0.29) is 0 Å². The van der Waals surface area contributed by atoms with Crippen LogP contribution in [0.3, 0.4) is 0 Å². The van der Waals surface area contributed by atoms with Crippen molar-refractivity contribution in [3.63, 3.8) is 0 Å². The summed E-state index contributed by atoms with van der Waals surface area (Å²) in [6.07, 6.45) is 3.59. The first-order valence-corrected chi connectivity index (χ1v) is 8.81. The van der Waals surface area contributed by atoms with Gasteiger partial charge in [-0.2, -0.15) is 0 Å². The molecule has 0 radical (unpaired) electrons. The molecule has 0 aliphatic carbocycles. The predicted octanol–water partition coefficient (Wildman–Crippen LogP) is 3.22. The summed E-state index contributed by atoms with van der Waals surface area (Å²) in [5.74, 6) is 0. The van der Waals surface area contributed by atoms with Gasteiger partial charge in [0.15, 0.2) is 9.84 Å². The van der Waals surface area contributed by atoms with Crippen LogP contribution < -0.4 is 4.90 Å². The molecule has 1 aliphatic heterocycles. The molecule has 6 heteroatoms. The first-order valence-electron chi connectivity index (χ1n) is 5.33. The third kappa shape index (κ3) is 2.85. The van der Waals surface area contributed by atoms with Gasteiger partial charge in [-0.15, -0.1) is 0 Å². The maximum absolute atomic E-state index is 11.5. The largest absolute Gasteiger partial charge is 0.370 e. The van der Waals surface area contributed by atoms with E-state index in [0.717, 1.165) is 27.7 Å². The average molecular weight is 383 g/mol. The molecule has 3 nitrogen and oxygen atoms in total. The predicted molar refractivity (Wildman–Crippen MR) is 76.4 cm³/mol. The summed E-state index contributed by atoms with van der Waals surface area (Å²) in [6.45, 7) is 2.05. The maximum Gasteiger partial charge on any atom is 0.175 e. The Morgan fingerprint density at radius 3 is 2.00 bits per heavy atom. The van der Waals surface area contributed by atoms with Crippen LogP contribution in [0.25, 0.3) is 0 Å². The number of halogens is 2. The summed E-state index contributed by atoms with van der Waals surface area (Å²) in [4.78, 5) is 2.60. The number of nitrogens with zero attached hydrogens (tertiary/aromatic N) is 1. The molecule has 17 heavy (non-hydrogen) atoms. The Bertz CT molecular complexity index is 513. The van der Waals surface area contributed by atoms with E-state index >= 15 is 0 Å². The van der Waals surface area contributed by atoms with Gasteiger partial charge in [0, 0.05) is 28.3 Å². The molecule has 0 bridgehead atoms. The lowest BCUT2D eigenvalue weighted by atomic mass is 10.3. The highest BCUT2D eigenvalue weighted by Gasteiger charge is 2.20. The summed E-state index contributed by atoms with van der Waals surface area (Å²) in [6, 6.07) is 3.35. The maximum atomic E-state index is 11.5. The molecule has 0 atom stereocenters. The van der Waals surface area contributed by atoms with Crippen LogP contribution in [0.4, 0.5) is 5.69 Å². The molecule has 0 spiro atoms. The minimum atomic E-state index is -3.17. The zero-order valence-corrected chi connectivity index (χ0v) is 13.4. The Kier molecular flexibility index (Phi) is 3.85. The summed E-state index contributed by atoms with van der Waals surface area (Å²) in [5.41, 5.74) is 1.05. The molecular formula is C11H13Br2NO2S. The highest BCUT2D eigenvalue weighted by molar-refractivity contribution is 9.11. The van der Waals surface area contributed by atoms with Crippen LogP contribution in [-0.4, -0.2) is 27.8 Å². The van der Waals surface area contributed by atoms with Crippen molar-refractivity contribution in [3.05, 3.63) is 21.1 Å². The number of hydrogen-bond donors (Lipinski definition) is 0. The van der Waals surface area contributed by atoms with Gasteiger partial charge in [-0.1, -0.05) is 0 Å². The number of anilines is 1. The van der Waals surface area contributed by atoms with Gasteiger partial charge in [-0.05, 0) is 56.8 Å². The molecule has 0 amide bonds. The second-order valence-corrected chi connectivity index (χ2v) is 7.93. The van der Waals surface area contributed by atoms with E-state index in [2.05, 4.69) is 36.8 Å². The Morgan fingerprint density at radius 2 is 1.59 bits per heavy atom. The van der Waals surface area contributed by atoms with Gasteiger partial charge < -0.3 is 4.90 Å². The van der Waals surface area contributed by atoms with E-state index in [1.807, 2.05) is 0 Å². The summed E-state index contributed by atoms with van der Waals surface area (Å²) in [7, 11) is -3.17. The van der Waals surface area contributed by atoms with Crippen molar-refractivity contribution < 1.29 is 8.42 Å². The second-order valence-electron chi connectivity index (χ2n) is 4.20. The second kappa shape index (κ2) is 4.90. The fourth-order valence-electron chi connectivity index (χ4n) is 2.00. The normalized spacial score (nSPS) is 16.5. The SMILES string of the molecule is CS(=O)(=O)c1cc(Br)c(N2CCCC2)c(Br)c1. The fourth-order valence-corrected chi connectivity index (χ4v) is 4.65. The van der Waals surface area contributed by atoms with Gasteiger partial charge in [-0.25, -0.2) is 8.42 Å². The van der Waals surface area contributed by atoms with Gasteiger partial charge >= 0.3 is 0 Å². The molecule has 94 valence electrons. The third-order valence-electron chi connectivity index (χ3n) is 2.84. The van der Waals surface area contributed by atoms with Crippen LogP contribution >= 0.6 is 31.9 Å². The molecule has 1 aromatic rings. The Hall–Kier alpha value is -0.0700. The molecule has 1 fully saturated rings. The van der Waals surface area contributed by atoms with Gasteiger partial charge in [0.1, 0.15) is 0 Å². The standard InChI is InChI=1S/C11H13Br2NO2S/c1-17(15,16)8-6-9(12)11(10(13)7-8)14-4-2-3-5-14/h6-7H,2-5H2,1H3. The number of benzene rings is 1. The molecule has 2 rings (SSSR count). The third-order valence-corrected chi connectivity index (χ3v) is 5.14. The van der Waals surface area contributed by atoms with E-state index in [4.69, 9.17) is 0 Å². The Balaban J connectivity index is 2.49. The number of sulfone groups is 1. The van der Waals surface area contributed by atoms with E-state index < -0.39 is 9.84 Å². The molecule has 0 saturated carbocycles. The van der Waals surface area contributed by atoms with Crippen LogP contribution in [-0.2, 0) is 9.84 Å². The monoisotopic (exact) mass is 381 g/mol. The van der Waals surface area contributed by atoms with E-state index in [1.54, 1.807) is 12.1 Å². The lowest BCUT2D eigenvalue weighted by Crippen LogP contribution is -2.19. The van der Waals surface area contributed by atoms with E-state index in [0.29, 0.717) is 4.90 Å². The van der Waals surface area contributed by atoms with E-state index in [1.165, 1.54) is 19.1 Å². The van der Waals surface area contributed by atoms with Crippen LogP contribution in [0.5, 0.6) is 0 Å². The van der Waals surface area contributed by atoms with Crippen LogP contribution in [0.2, 0.25) is 0 Å². The van der Waals surface area contributed by atoms with Crippen molar-refractivity contribution >= 4 is 47.4 Å². The van der Waals surface area contributed by atoms with Crippen molar-refractivity contribution in [3.8, 4) is 0 Å². The topological polar surface area (TPSA) is 37.4 Å². The molecule has 1 aliphatic rings. The lowest BCUT2D eigenvalue weighted by Gasteiger charge is -2.21. The highest BCUT2D eigenvalue weighted by atomic mass is 79.9. The van der Waals surface area contributed by atoms with Gasteiger partial charge in [0.25, 0.3) is 0 Å². The summed E-state index contributed by atoms with van der Waals surface area (Å²) < 4.78 is 24.7. The van der Waals surface area contributed by atoms with Crippen molar-refractivity contribution in [2.24, 2.45) is 0 Å². The Labute approximate surface area is 118 Å². The molecule has 0 N–H and O–H groups in total. The number of rotatable bonds is 2. The van der Waals surface area contributed by atoms with Crippen LogP contribution in [0.1, 0.15) is 12.8 Å². The van der Waals surface area contributed by atoms with E-state index in [9.17, 15) is 8.42 Å². The minimum Gasteiger partial charge on any atom is -0.370 e. The summed E-state index contributed by atoms with van der Waals surface area (Å²) >= 11 is 6.93. The van der Waals surface area contributed by atoms with Crippen molar-refractivity contribution in [1.82, 2.24) is 0 Å². The zero-order valence-electron chi connectivity index (χ0n) is 9.41. The quantitative estimate of drug-likeness (QED) is 0.787. The van der Waals surface area contributed by atoms with Crippen LogP contribution in [0.15, 0.2) is 26.0 Å². The van der Waals surface area contributed by atoms with Crippen molar-refractivity contribution in [2.75, 3.05) is 24.2 Å². The smallest absolute Gasteiger partial charge is 0.175 e. The fraction of sp³-hybridized carbons (Fsp3) is 0.455. The van der Waals surface area contributed by atoms with Crippen molar-refractivity contribution in [2.45, 2.75) is 17.7 Å². The highest BCUT2D eigenvalue weighted by Crippen LogP contribution is 2.38. The van der Waals surface area contributed by atoms with Gasteiger partial charge in [0.2, 0.25) is 0 Å².